The van der Waals surface area contributed by atoms with Gasteiger partial charge in [-0.15, -0.1) is 0 Å². The van der Waals surface area contributed by atoms with Crippen molar-refractivity contribution in [2.24, 2.45) is 17.6 Å². The predicted octanol–water partition coefficient (Wildman–Crippen LogP) is 1.54. The van der Waals surface area contributed by atoms with Gasteiger partial charge in [-0.2, -0.15) is 0 Å². The molecule has 0 heterocycles. The standard InChI is InChI=1S/C11H13FO.C2H5NO2/c1-7-6-9(7)11(13)8-4-2-3-5-10(8)12;3-1-2(4)5/h2-5,7,9,11,13H,6H2,1H3;1,3H2,(H,4,5). The summed E-state index contributed by atoms with van der Waals surface area (Å²) >= 11 is 0. The van der Waals surface area contributed by atoms with Gasteiger partial charge in [0.05, 0.1) is 12.6 Å². The Morgan fingerprint density at radius 1 is 1.56 bits per heavy atom. The van der Waals surface area contributed by atoms with E-state index >= 15 is 0 Å². The van der Waals surface area contributed by atoms with Crippen LogP contribution in [0.5, 0.6) is 0 Å². The minimum Gasteiger partial charge on any atom is -0.480 e. The summed E-state index contributed by atoms with van der Waals surface area (Å²) in [5, 5.41) is 17.4. The van der Waals surface area contributed by atoms with Crippen molar-refractivity contribution in [1.29, 1.82) is 0 Å². The number of carboxylic acid groups (broad SMARTS) is 1. The molecule has 1 aliphatic rings. The van der Waals surface area contributed by atoms with Crippen molar-refractivity contribution in [1.82, 2.24) is 0 Å². The molecule has 1 aromatic rings. The molecule has 1 aliphatic carbocycles. The lowest BCUT2D eigenvalue weighted by Gasteiger charge is -2.10. The first-order valence-electron chi connectivity index (χ1n) is 5.81. The number of carboxylic acids is 1. The van der Waals surface area contributed by atoms with Gasteiger partial charge >= 0.3 is 5.97 Å². The summed E-state index contributed by atoms with van der Waals surface area (Å²) in [6, 6.07) is 6.45. The van der Waals surface area contributed by atoms with Crippen molar-refractivity contribution in [3.63, 3.8) is 0 Å². The number of aliphatic hydroxyl groups excluding tert-OH is 1. The number of benzene rings is 1. The zero-order valence-corrected chi connectivity index (χ0v) is 10.2. The molecule has 1 saturated carbocycles. The number of halogens is 1. The largest absolute Gasteiger partial charge is 0.480 e. The van der Waals surface area contributed by atoms with Gasteiger partial charge in [-0.25, -0.2) is 4.39 Å². The monoisotopic (exact) mass is 255 g/mol. The SMILES string of the molecule is CC1CC1C(O)c1ccccc1F.NCC(=O)O. The molecule has 4 N–H and O–H groups in total. The maximum absolute atomic E-state index is 13.2. The van der Waals surface area contributed by atoms with Crippen molar-refractivity contribution in [2.75, 3.05) is 6.54 Å². The molecule has 100 valence electrons. The Balaban J connectivity index is 0.000000280. The first-order chi connectivity index (χ1) is 8.47. The topological polar surface area (TPSA) is 83.5 Å². The highest BCUT2D eigenvalue weighted by Crippen LogP contribution is 2.47. The Bertz CT molecular complexity index is 411. The highest BCUT2D eigenvalue weighted by molar-refractivity contribution is 5.68. The quantitative estimate of drug-likeness (QED) is 0.765. The summed E-state index contributed by atoms with van der Waals surface area (Å²) in [5.74, 6) is -0.467. The van der Waals surface area contributed by atoms with Crippen LogP contribution in [0.15, 0.2) is 24.3 Å². The maximum Gasteiger partial charge on any atom is 0.317 e. The van der Waals surface area contributed by atoms with E-state index in [2.05, 4.69) is 12.7 Å². The van der Waals surface area contributed by atoms with Crippen LogP contribution in [0.2, 0.25) is 0 Å². The number of rotatable bonds is 3. The van der Waals surface area contributed by atoms with Crippen LogP contribution in [-0.4, -0.2) is 22.7 Å². The van der Waals surface area contributed by atoms with Crippen molar-refractivity contribution in [2.45, 2.75) is 19.4 Å². The van der Waals surface area contributed by atoms with E-state index in [-0.39, 0.29) is 18.3 Å². The van der Waals surface area contributed by atoms with E-state index in [1.165, 1.54) is 6.07 Å². The van der Waals surface area contributed by atoms with Crippen molar-refractivity contribution in [3.05, 3.63) is 35.6 Å². The Labute approximate surface area is 105 Å². The fraction of sp³-hybridized carbons (Fsp3) is 0.462. The second-order valence-corrected chi connectivity index (χ2v) is 4.44. The molecular formula is C13H18FNO3. The van der Waals surface area contributed by atoms with Gasteiger partial charge in [-0.05, 0) is 24.3 Å². The van der Waals surface area contributed by atoms with Crippen LogP contribution in [0.3, 0.4) is 0 Å². The number of aliphatic carboxylic acids is 1. The Hall–Kier alpha value is -1.46. The Kier molecular flexibility index (Phi) is 5.25. The van der Waals surface area contributed by atoms with Crippen molar-refractivity contribution >= 4 is 5.97 Å². The third-order valence-electron chi connectivity index (χ3n) is 2.98. The minimum absolute atomic E-state index is 0.261. The molecule has 4 nitrogen and oxygen atoms in total. The molecule has 0 amide bonds. The summed E-state index contributed by atoms with van der Waals surface area (Å²) in [7, 11) is 0. The zero-order chi connectivity index (χ0) is 13.7. The molecule has 0 aliphatic heterocycles. The van der Waals surface area contributed by atoms with Crippen LogP contribution in [-0.2, 0) is 4.79 Å². The number of aliphatic hydroxyl groups is 1. The molecule has 1 fully saturated rings. The zero-order valence-electron chi connectivity index (χ0n) is 10.2. The van der Waals surface area contributed by atoms with E-state index < -0.39 is 12.1 Å². The van der Waals surface area contributed by atoms with Crippen LogP contribution in [0.25, 0.3) is 0 Å². The number of hydrogen-bond donors (Lipinski definition) is 3. The van der Waals surface area contributed by atoms with E-state index in [1.54, 1.807) is 18.2 Å². The molecule has 0 saturated heterocycles. The smallest absolute Gasteiger partial charge is 0.317 e. The third-order valence-corrected chi connectivity index (χ3v) is 2.98. The van der Waals surface area contributed by atoms with Crippen molar-refractivity contribution < 1.29 is 19.4 Å². The fourth-order valence-electron chi connectivity index (χ4n) is 1.74. The van der Waals surface area contributed by atoms with Crippen LogP contribution in [0.1, 0.15) is 25.0 Å². The molecule has 0 radical (unpaired) electrons. The molecular weight excluding hydrogens is 237 g/mol. The number of nitrogens with two attached hydrogens (primary N) is 1. The summed E-state index contributed by atoms with van der Waals surface area (Å²) in [6.45, 7) is 1.80. The lowest BCUT2D eigenvalue weighted by atomic mass is 10.0. The first-order valence-corrected chi connectivity index (χ1v) is 5.81. The lowest BCUT2D eigenvalue weighted by molar-refractivity contribution is -0.135. The Morgan fingerprint density at radius 2 is 2.06 bits per heavy atom. The van der Waals surface area contributed by atoms with Gasteiger partial charge in [0.15, 0.2) is 0 Å². The van der Waals surface area contributed by atoms with Crippen LogP contribution >= 0.6 is 0 Å². The first kappa shape index (κ1) is 14.6. The van der Waals surface area contributed by atoms with E-state index in [1.807, 2.05) is 0 Å². The molecule has 0 spiro atoms. The van der Waals surface area contributed by atoms with Gasteiger partial charge in [-0.3, -0.25) is 4.79 Å². The van der Waals surface area contributed by atoms with Crippen LogP contribution in [0.4, 0.5) is 4.39 Å². The average Bonchev–Trinajstić information content (AvgIpc) is 3.07. The van der Waals surface area contributed by atoms with Gasteiger partial charge in [-0.1, -0.05) is 25.1 Å². The molecule has 2 rings (SSSR count). The Morgan fingerprint density at radius 3 is 2.44 bits per heavy atom. The second kappa shape index (κ2) is 6.47. The van der Waals surface area contributed by atoms with Crippen LogP contribution < -0.4 is 5.73 Å². The molecule has 0 bridgehead atoms. The summed E-state index contributed by atoms with van der Waals surface area (Å²) < 4.78 is 13.2. The van der Waals surface area contributed by atoms with Gasteiger partial charge in [0.2, 0.25) is 0 Å². The summed E-state index contributed by atoms with van der Waals surface area (Å²) in [5.41, 5.74) is 5.01. The highest BCUT2D eigenvalue weighted by Gasteiger charge is 2.40. The van der Waals surface area contributed by atoms with E-state index in [0.29, 0.717) is 11.5 Å². The van der Waals surface area contributed by atoms with Gasteiger partial charge in [0, 0.05) is 5.56 Å². The normalized spacial score (nSPS) is 22.7. The van der Waals surface area contributed by atoms with Gasteiger partial charge in [0.25, 0.3) is 0 Å². The highest BCUT2D eigenvalue weighted by atomic mass is 19.1. The molecule has 18 heavy (non-hydrogen) atoms. The van der Waals surface area contributed by atoms with E-state index in [4.69, 9.17) is 5.11 Å². The fourth-order valence-corrected chi connectivity index (χ4v) is 1.74. The number of hydrogen-bond acceptors (Lipinski definition) is 3. The second-order valence-electron chi connectivity index (χ2n) is 4.44. The van der Waals surface area contributed by atoms with Gasteiger partial charge in [0.1, 0.15) is 5.82 Å². The number of carbonyl (C=O) groups is 1. The molecule has 5 heteroatoms. The van der Waals surface area contributed by atoms with E-state index in [0.717, 1.165) is 6.42 Å². The summed E-state index contributed by atoms with van der Waals surface area (Å²) in [6.07, 6.45) is 0.395. The van der Waals surface area contributed by atoms with Gasteiger partial charge < -0.3 is 15.9 Å². The maximum atomic E-state index is 13.2. The summed E-state index contributed by atoms with van der Waals surface area (Å²) in [4.78, 5) is 9.24. The molecule has 3 unspecified atom stereocenters. The van der Waals surface area contributed by atoms with E-state index in [9.17, 15) is 14.3 Å². The molecule has 3 atom stereocenters. The van der Waals surface area contributed by atoms with Crippen LogP contribution in [0, 0.1) is 17.7 Å². The lowest BCUT2D eigenvalue weighted by Crippen LogP contribution is -2.10. The molecule has 1 aromatic carbocycles. The third kappa shape index (κ3) is 4.09. The van der Waals surface area contributed by atoms with Crippen molar-refractivity contribution in [3.8, 4) is 0 Å². The predicted molar refractivity (Wildman–Crippen MR) is 65.3 cm³/mol. The average molecular weight is 255 g/mol. The minimum atomic E-state index is -0.968. The molecule has 0 aromatic heterocycles.